The Labute approximate surface area is 188 Å². The molecule has 0 atom stereocenters. The van der Waals surface area contributed by atoms with Gasteiger partial charge in [-0.15, -0.1) is 0 Å². The lowest BCUT2D eigenvalue weighted by Crippen LogP contribution is -2.28. The van der Waals surface area contributed by atoms with Crippen LogP contribution >= 0.6 is 0 Å². The number of aliphatic carboxylic acids is 1. The normalized spacial score (nSPS) is 12.2. The van der Waals surface area contributed by atoms with E-state index < -0.39 is 16.0 Å². The first kappa shape index (κ1) is 25.4. The molecule has 0 aliphatic rings. The number of sulfonamides is 1. The van der Waals surface area contributed by atoms with E-state index in [0.29, 0.717) is 42.0 Å². The minimum atomic E-state index is -3.78. The Hall–Kier alpha value is -2.85. The molecule has 2 rings (SSSR count). The summed E-state index contributed by atoms with van der Waals surface area (Å²) in [5.74, 6) is -0.451. The summed E-state index contributed by atoms with van der Waals surface area (Å²) in [6, 6.07) is 4.48. The SMILES string of the molecule is CCNS(=O)(=O)c1ccc(OCCCC(=O)O)c2oc(/C(C)=C/C(=O)N(CC)CC)cc12. The van der Waals surface area contributed by atoms with Crippen LogP contribution in [0.15, 0.2) is 33.6 Å². The summed E-state index contributed by atoms with van der Waals surface area (Å²) in [7, 11) is -3.78. The fourth-order valence-electron chi connectivity index (χ4n) is 3.17. The van der Waals surface area contributed by atoms with E-state index in [2.05, 4.69) is 4.72 Å². The maximum atomic E-state index is 12.7. The summed E-state index contributed by atoms with van der Waals surface area (Å²) in [4.78, 5) is 24.8. The molecular formula is C22H30N2O7S. The van der Waals surface area contributed by atoms with Crippen molar-refractivity contribution in [3.8, 4) is 5.75 Å². The topological polar surface area (TPSA) is 126 Å². The van der Waals surface area contributed by atoms with Crippen molar-refractivity contribution >= 4 is 38.4 Å². The first-order chi connectivity index (χ1) is 15.1. The zero-order valence-corrected chi connectivity index (χ0v) is 19.6. The molecule has 1 heterocycles. The number of furan rings is 1. The van der Waals surface area contributed by atoms with Gasteiger partial charge in [-0.3, -0.25) is 9.59 Å². The summed E-state index contributed by atoms with van der Waals surface area (Å²) in [6.07, 6.45) is 1.70. The highest BCUT2D eigenvalue weighted by molar-refractivity contribution is 7.89. The Kier molecular flexibility index (Phi) is 8.85. The van der Waals surface area contributed by atoms with E-state index in [9.17, 15) is 18.0 Å². The molecule has 1 aromatic carbocycles. The Morgan fingerprint density at radius 3 is 2.50 bits per heavy atom. The van der Waals surface area contributed by atoms with Crippen molar-refractivity contribution in [2.75, 3.05) is 26.2 Å². The lowest BCUT2D eigenvalue weighted by atomic mass is 10.2. The second-order valence-electron chi connectivity index (χ2n) is 7.10. The van der Waals surface area contributed by atoms with Crippen molar-refractivity contribution in [3.63, 3.8) is 0 Å². The summed E-state index contributed by atoms with van der Waals surface area (Å²) in [6.45, 7) is 8.66. The van der Waals surface area contributed by atoms with Crippen molar-refractivity contribution in [2.24, 2.45) is 0 Å². The van der Waals surface area contributed by atoms with Crippen LogP contribution in [0, 0.1) is 0 Å². The van der Waals surface area contributed by atoms with Crippen LogP contribution in [-0.4, -0.2) is 56.5 Å². The standard InChI is InChI=1S/C22H30N2O7S/c1-5-23-32(28,29)19-11-10-17(30-12-8-9-21(26)27)22-16(19)14-18(31-22)15(4)13-20(25)24(6-2)7-3/h10-11,13-14,23H,5-9,12H2,1-4H3,(H,26,27)/b15-13+. The number of fused-ring (bicyclic) bond motifs is 1. The predicted octanol–water partition coefficient (Wildman–Crippen LogP) is 3.25. The van der Waals surface area contributed by atoms with Crippen LogP contribution in [0.3, 0.4) is 0 Å². The van der Waals surface area contributed by atoms with E-state index in [-0.39, 0.29) is 36.0 Å². The average molecular weight is 467 g/mol. The first-order valence-electron chi connectivity index (χ1n) is 10.5. The number of carboxylic acid groups (broad SMARTS) is 1. The Morgan fingerprint density at radius 1 is 1.22 bits per heavy atom. The fraction of sp³-hybridized carbons (Fsp3) is 0.455. The molecule has 176 valence electrons. The number of carbonyl (C=O) groups excluding carboxylic acids is 1. The number of likely N-dealkylation sites (N-methyl/N-ethyl adjacent to an activating group) is 1. The van der Waals surface area contributed by atoms with Crippen LogP contribution < -0.4 is 9.46 Å². The third-order valence-corrected chi connectivity index (χ3v) is 6.43. The maximum Gasteiger partial charge on any atom is 0.303 e. The van der Waals surface area contributed by atoms with Crippen molar-refractivity contribution in [1.82, 2.24) is 9.62 Å². The van der Waals surface area contributed by atoms with Gasteiger partial charge >= 0.3 is 5.97 Å². The van der Waals surface area contributed by atoms with E-state index in [0.717, 1.165) is 0 Å². The van der Waals surface area contributed by atoms with Crippen LogP contribution in [0.1, 0.15) is 46.3 Å². The van der Waals surface area contributed by atoms with Crippen LogP contribution in [0.5, 0.6) is 5.75 Å². The van der Waals surface area contributed by atoms with Gasteiger partial charge in [0.1, 0.15) is 5.76 Å². The second kappa shape index (κ2) is 11.1. The minimum Gasteiger partial charge on any atom is -0.490 e. The lowest BCUT2D eigenvalue weighted by Gasteiger charge is -2.16. The Morgan fingerprint density at radius 2 is 1.91 bits per heavy atom. The monoisotopic (exact) mass is 466 g/mol. The second-order valence-corrected chi connectivity index (χ2v) is 8.84. The van der Waals surface area contributed by atoms with Gasteiger partial charge in [-0.2, -0.15) is 0 Å². The predicted molar refractivity (Wildman–Crippen MR) is 121 cm³/mol. The molecule has 10 heteroatoms. The number of allylic oxidation sites excluding steroid dienone is 1. The lowest BCUT2D eigenvalue weighted by molar-refractivity contribution is -0.137. The van der Waals surface area contributed by atoms with E-state index in [1.807, 2.05) is 13.8 Å². The molecule has 0 spiro atoms. The molecule has 0 saturated carbocycles. The molecule has 0 fully saturated rings. The molecule has 0 bridgehead atoms. The van der Waals surface area contributed by atoms with Gasteiger partial charge in [0, 0.05) is 37.5 Å². The third kappa shape index (κ3) is 6.10. The summed E-state index contributed by atoms with van der Waals surface area (Å²) >= 11 is 0. The highest BCUT2D eigenvalue weighted by Crippen LogP contribution is 2.36. The fourth-order valence-corrected chi connectivity index (χ4v) is 4.40. The molecule has 0 aliphatic heterocycles. The molecule has 0 radical (unpaired) electrons. The van der Waals surface area contributed by atoms with Gasteiger partial charge in [-0.25, -0.2) is 13.1 Å². The van der Waals surface area contributed by atoms with Crippen molar-refractivity contribution in [3.05, 3.63) is 30.0 Å². The van der Waals surface area contributed by atoms with Gasteiger partial charge in [0.05, 0.1) is 11.5 Å². The van der Waals surface area contributed by atoms with Crippen LogP contribution in [0.2, 0.25) is 0 Å². The maximum absolute atomic E-state index is 12.7. The number of ether oxygens (including phenoxy) is 1. The molecule has 0 unspecified atom stereocenters. The zero-order valence-electron chi connectivity index (χ0n) is 18.8. The number of hydrogen-bond acceptors (Lipinski definition) is 6. The Bertz CT molecular complexity index is 1100. The van der Waals surface area contributed by atoms with Gasteiger partial charge < -0.3 is 19.2 Å². The average Bonchev–Trinajstić information content (AvgIpc) is 3.17. The number of hydrogen-bond donors (Lipinski definition) is 2. The highest BCUT2D eigenvalue weighted by atomic mass is 32.2. The minimum absolute atomic E-state index is 0.0325. The summed E-state index contributed by atoms with van der Waals surface area (Å²) in [5.41, 5.74) is 0.763. The molecule has 0 saturated heterocycles. The molecule has 2 aromatic rings. The summed E-state index contributed by atoms with van der Waals surface area (Å²) in [5, 5.41) is 9.10. The molecule has 0 aliphatic carbocycles. The van der Waals surface area contributed by atoms with Gasteiger partial charge in [-0.1, -0.05) is 6.92 Å². The number of benzene rings is 1. The van der Waals surface area contributed by atoms with E-state index in [1.165, 1.54) is 18.2 Å². The number of rotatable bonds is 12. The number of nitrogens with one attached hydrogen (secondary N) is 1. The van der Waals surface area contributed by atoms with Crippen molar-refractivity contribution < 1.29 is 32.3 Å². The highest BCUT2D eigenvalue weighted by Gasteiger charge is 2.22. The molecule has 32 heavy (non-hydrogen) atoms. The number of carboxylic acids is 1. The van der Waals surface area contributed by atoms with Crippen LogP contribution in [-0.2, 0) is 19.6 Å². The van der Waals surface area contributed by atoms with E-state index in [4.69, 9.17) is 14.3 Å². The van der Waals surface area contributed by atoms with E-state index >= 15 is 0 Å². The van der Waals surface area contributed by atoms with Crippen LogP contribution in [0.25, 0.3) is 16.5 Å². The summed E-state index contributed by atoms with van der Waals surface area (Å²) < 4.78 is 39.4. The molecule has 1 amide bonds. The number of carbonyl (C=O) groups is 2. The van der Waals surface area contributed by atoms with Crippen molar-refractivity contribution in [1.29, 1.82) is 0 Å². The third-order valence-electron chi connectivity index (χ3n) is 4.83. The smallest absolute Gasteiger partial charge is 0.303 e. The van der Waals surface area contributed by atoms with Crippen molar-refractivity contribution in [2.45, 2.75) is 45.4 Å². The Balaban J connectivity index is 2.51. The van der Waals surface area contributed by atoms with E-state index in [1.54, 1.807) is 24.8 Å². The quantitative estimate of drug-likeness (QED) is 0.363. The van der Waals surface area contributed by atoms with Gasteiger partial charge in [-0.05, 0) is 51.0 Å². The number of amides is 1. The van der Waals surface area contributed by atoms with Gasteiger partial charge in [0.2, 0.25) is 15.9 Å². The largest absolute Gasteiger partial charge is 0.490 e. The van der Waals surface area contributed by atoms with Gasteiger partial charge in [0.25, 0.3) is 0 Å². The zero-order chi connectivity index (χ0) is 23.9. The molecular weight excluding hydrogens is 436 g/mol. The number of nitrogens with zero attached hydrogens (tertiary/aromatic N) is 1. The molecule has 2 N–H and O–H groups in total. The molecule has 1 aromatic heterocycles. The van der Waals surface area contributed by atoms with Gasteiger partial charge in [0.15, 0.2) is 11.3 Å². The first-order valence-corrected chi connectivity index (χ1v) is 12.0. The molecule has 9 nitrogen and oxygen atoms in total. The van der Waals surface area contributed by atoms with Crippen LogP contribution in [0.4, 0.5) is 0 Å².